The van der Waals surface area contributed by atoms with Crippen molar-refractivity contribution in [3.63, 3.8) is 0 Å². The van der Waals surface area contributed by atoms with E-state index in [0.717, 1.165) is 21.7 Å². The molecule has 0 N–H and O–H groups in total. The van der Waals surface area contributed by atoms with Gasteiger partial charge in [0.2, 0.25) is 0 Å². The first-order valence-electron chi connectivity index (χ1n) is 8.34. The third-order valence-corrected chi connectivity index (χ3v) is 5.59. The van der Waals surface area contributed by atoms with Crippen LogP contribution in [0, 0.1) is 6.92 Å². The van der Waals surface area contributed by atoms with Gasteiger partial charge in [-0.2, -0.15) is 0 Å². The lowest BCUT2D eigenvalue weighted by molar-refractivity contribution is -0.211. The molecular weight excluding hydrogens is 402 g/mol. The average molecular weight is 420 g/mol. The molecule has 1 aromatic heterocycles. The van der Waals surface area contributed by atoms with E-state index in [1.807, 2.05) is 43.3 Å². The minimum absolute atomic E-state index is 0.150. The van der Waals surface area contributed by atoms with Crippen molar-refractivity contribution in [1.29, 1.82) is 0 Å². The van der Waals surface area contributed by atoms with E-state index < -0.39 is 5.97 Å². The maximum atomic E-state index is 11.1. The summed E-state index contributed by atoms with van der Waals surface area (Å²) in [6.45, 7) is 3.15. The molecule has 0 aliphatic carbocycles. The van der Waals surface area contributed by atoms with Gasteiger partial charge in [0.25, 0.3) is 0 Å². The van der Waals surface area contributed by atoms with Gasteiger partial charge in [0, 0.05) is 34.5 Å². The molecular formula is C20H18ClNO5S. The van der Waals surface area contributed by atoms with E-state index in [0.29, 0.717) is 16.5 Å². The molecule has 1 atom stereocenters. The zero-order valence-corrected chi connectivity index (χ0v) is 17.0. The number of methoxy groups -OCH3 is 1. The third kappa shape index (κ3) is 4.79. The van der Waals surface area contributed by atoms with E-state index in [4.69, 9.17) is 30.6 Å². The predicted molar refractivity (Wildman–Crippen MR) is 106 cm³/mol. The minimum Gasteiger partial charge on any atom is -0.497 e. The summed E-state index contributed by atoms with van der Waals surface area (Å²) in [5.41, 5.74) is 2.57. The van der Waals surface area contributed by atoms with E-state index in [1.54, 1.807) is 24.9 Å². The molecule has 1 heterocycles. The Hall–Kier alpha value is -2.64. The molecule has 0 saturated heterocycles. The fraction of sp³-hybridized carbons (Fsp3) is 0.200. The van der Waals surface area contributed by atoms with Gasteiger partial charge in [-0.05, 0) is 30.7 Å². The molecule has 0 aliphatic heterocycles. The van der Waals surface area contributed by atoms with Crippen LogP contribution in [0.15, 0.2) is 58.1 Å². The van der Waals surface area contributed by atoms with Crippen LogP contribution in [0.4, 0.5) is 0 Å². The normalized spacial score (nSPS) is 11.7. The number of benzene rings is 2. The highest BCUT2D eigenvalue weighted by molar-refractivity contribution is 7.99. The summed E-state index contributed by atoms with van der Waals surface area (Å²) in [7, 11) is 1.56. The summed E-state index contributed by atoms with van der Waals surface area (Å²) in [6, 6.07) is 12.9. The Balaban J connectivity index is 1.99. The number of halogens is 1. The zero-order chi connectivity index (χ0) is 20.1. The summed E-state index contributed by atoms with van der Waals surface area (Å²) in [5, 5.41) is 4.61. The SMILES string of the molecule is COc1cc(OOC(C)=O)c(C)c(SC(c2ccc(Cl)cc2)c2ccon2)c1. The van der Waals surface area contributed by atoms with Crippen molar-refractivity contribution in [3.05, 3.63) is 70.6 Å². The maximum absolute atomic E-state index is 11.1. The van der Waals surface area contributed by atoms with Crippen molar-refractivity contribution in [2.24, 2.45) is 0 Å². The van der Waals surface area contributed by atoms with Crippen molar-refractivity contribution in [1.82, 2.24) is 5.16 Å². The van der Waals surface area contributed by atoms with Gasteiger partial charge in [-0.3, -0.25) is 9.78 Å². The van der Waals surface area contributed by atoms with Gasteiger partial charge >= 0.3 is 5.97 Å². The minimum atomic E-state index is -0.543. The van der Waals surface area contributed by atoms with Crippen molar-refractivity contribution < 1.29 is 23.8 Å². The van der Waals surface area contributed by atoms with Crippen LogP contribution in [0.1, 0.15) is 29.0 Å². The van der Waals surface area contributed by atoms with Gasteiger partial charge in [0.05, 0.1) is 12.4 Å². The Bertz CT molecular complexity index is 944. The highest BCUT2D eigenvalue weighted by Crippen LogP contribution is 2.44. The van der Waals surface area contributed by atoms with Gasteiger partial charge in [-0.15, -0.1) is 11.8 Å². The van der Waals surface area contributed by atoms with Crippen molar-refractivity contribution >= 4 is 29.3 Å². The smallest absolute Gasteiger partial charge is 0.352 e. The second kappa shape index (κ2) is 9.03. The second-order valence-corrected chi connectivity index (χ2v) is 7.46. The van der Waals surface area contributed by atoms with E-state index in [1.165, 1.54) is 13.2 Å². The highest BCUT2D eigenvalue weighted by Gasteiger charge is 2.22. The first kappa shape index (κ1) is 20.1. The summed E-state index contributed by atoms with van der Waals surface area (Å²) >= 11 is 7.58. The summed E-state index contributed by atoms with van der Waals surface area (Å²) in [5.74, 6) is 0.426. The van der Waals surface area contributed by atoms with Gasteiger partial charge < -0.3 is 9.26 Å². The number of rotatable bonds is 7. The number of aromatic nitrogens is 1. The van der Waals surface area contributed by atoms with Gasteiger partial charge in [0.1, 0.15) is 17.7 Å². The van der Waals surface area contributed by atoms with Crippen LogP contribution in [0.2, 0.25) is 5.02 Å². The summed E-state index contributed by atoms with van der Waals surface area (Å²) in [4.78, 5) is 21.9. The predicted octanol–water partition coefficient (Wildman–Crippen LogP) is 5.38. The molecule has 0 fully saturated rings. The number of nitrogens with zero attached hydrogens (tertiary/aromatic N) is 1. The van der Waals surface area contributed by atoms with E-state index in [-0.39, 0.29) is 5.25 Å². The van der Waals surface area contributed by atoms with E-state index in [9.17, 15) is 4.79 Å². The lowest BCUT2D eigenvalue weighted by Crippen LogP contribution is -2.05. The Morgan fingerprint density at radius 1 is 1.21 bits per heavy atom. The van der Waals surface area contributed by atoms with Crippen LogP contribution >= 0.6 is 23.4 Å². The van der Waals surface area contributed by atoms with Crippen molar-refractivity contribution in [3.8, 4) is 11.5 Å². The summed E-state index contributed by atoms with van der Waals surface area (Å²) < 4.78 is 10.4. The van der Waals surface area contributed by atoms with Gasteiger partial charge in [0.15, 0.2) is 5.75 Å². The Morgan fingerprint density at radius 2 is 1.96 bits per heavy atom. The van der Waals surface area contributed by atoms with Crippen molar-refractivity contribution in [2.45, 2.75) is 24.0 Å². The first-order valence-corrected chi connectivity index (χ1v) is 9.60. The molecule has 0 radical (unpaired) electrons. The zero-order valence-electron chi connectivity index (χ0n) is 15.5. The lowest BCUT2D eigenvalue weighted by Gasteiger charge is -2.18. The molecule has 28 heavy (non-hydrogen) atoms. The molecule has 3 aromatic rings. The maximum Gasteiger partial charge on any atom is 0.352 e. The van der Waals surface area contributed by atoms with Gasteiger partial charge in [-0.25, -0.2) is 4.79 Å². The van der Waals surface area contributed by atoms with Gasteiger partial charge in [-0.1, -0.05) is 28.9 Å². The largest absolute Gasteiger partial charge is 0.497 e. The van der Waals surface area contributed by atoms with Crippen LogP contribution in [0.5, 0.6) is 11.5 Å². The second-order valence-electron chi connectivity index (χ2n) is 5.88. The molecule has 0 aliphatic rings. The number of carbonyl (C=O) groups is 1. The average Bonchev–Trinajstić information content (AvgIpc) is 3.21. The summed E-state index contributed by atoms with van der Waals surface area (Å²) in [6.07, 6.45) is 1.53. The van der Waals surface area contributed by atoms with Crippen LogP contribution in [-0.4, -0.2) is 18.2 Å². The molecule has 2 aromatic carbocycles. The molecule has 0 spiro atoms. The number of ether oxygens (including phenoxy) is 1. The molecule has 146 valence electrons. The molecule has 6 nitrogen and oxygen atoms in total. The Kier molecular flexibility index (Phi) is 6.49. The third-order valence-electron chi connectivity index (χ3n) is 3.91. The fourth-order valence-electron chi connectivity index (χ4n) is 2.49. The Labute approximate surface area is 171 Å². The van der Waals surface area contributed by atoms with Crippen LogP contribution in [0.3, 0.4) is 0 Å². The van der Waals surface area contributed by atoms with E-state index >= 15 is 0 Å². The quantitative estimate of drug-likeness (QED) is 0.289. The Morgan fingerprint density at radius 3 is 2.57 bits per heavy atom. The topological polar surface area (TPSA) is 70.8 Å². The molecule has 0 bridgehead atoms. The van der Waals surface area contributed by atoms with Crippen LogP contribution < -0.4 is 9.62 Å². The van der Waals surface area contributed by atoms with Crippen molar-refractivity contribution in [2.75, 3.05) is 7.11 Å². The molecule has 3 rings (SSSR count). The monoisotopic (exact) mass is 419 g/mol. The lowest BCUT2D eigenvalue weighted by atomic mass is 10.1. The number of hydrogen-bond donors (Lipinski definition) is 0. The fourth-order valence-corrected chi connectivity index (χ4v) is 3.87. The highest BCUT2D eigenvalue weighted by atomic mass is 35.5. The van der Waals surface area contributed by atoms with E-state index in [2.05, 4.69) is 5.16 Å². The molecule has 0 saturated carbocycles. The standard InChI is InChI=1S/C20H18ClNO5S/c1-12-18(27-26-13(2)23)10-16(24-3)11-19(12)28-20(17-8-9-25-22-17)14-4-6-15(21)7-5-14/h4-11,20H,1-3H3. The first-order chi connectivity index (χ1) is 13.5. The molecule has 8 heteroatoms. The van der Waals surface area contributed by atoms with Crippen LogP contribution in [-0.2, 0) is 9.68 Å². The number of thioether (sulfide) groups is 1. The number of carbonyl (C=O) groups excluding carboxylic acids is 1. The number of hydrogen-bond acceptors (Lipinski definition) is 7. The van der Waals surface area contributed by atoms with Crippen LogP contribution in [0.25, 0.3) is 0 Å². The molecule has 1 unspecified atom stereocenters. The molecule has 0 amide bonds.